The minimum Gasteiger partial charge on any atom is -0.320 e. The third kappa shape index (κ3) is 6.24. The Morgan fingerprint density at radius 1 is 1.25 bits per heavy atom. The second-order valence-electron chi connectivity index (χ2n) is 3.94. The highest BCUT2D eigenvalue weighted by molar-refractivity contribution is 4.95. The Morgan fingerprint density at radius 3 is 2.42 bits per heavy atom. The molecule has 1 heteroatoms. The molecule has 0 aliphatic carbocycles. The Labute approximate surface area is 76.9 Å². The molecule has 1 nitrogen and oxygen atoms in total. The molecule has 0 fully saturated rings. The average Bonchev–Trinajstić information content (AvgIpc) is 2.01. The van der Waals surface area contributed by atoms with Crippen LogP contribution in [0.3, 0.4) is 0 Å². The molecular formula is C11H21N. The van der Waals surface area contributed by atoms with Crippen molar-refractivity contribution in [1.29, 1.82) is 0 Å². The zero-order valence-electron chi connectivity index (χ0n) is 8.83. The Morgan fingerprint density at radius 2 is 1.92 bits per heavy atom. The van der Waals surface area contributed by atoms with Crippen LogP contribution in [0.4, 0.5) is 0 Å². The van der Waals surface area contributed by atoms with Gasteiger partial charge in [0.05, 0.1) is 0 Å². The Balaban J connectivity index is 3.60. The van der Waals surface area contributed by atoms with Crippen LogP contribution >= 0.6 is 0 Å². The molecule has 0 aromatic carbocycles. The first-order valence-electron chi connectivity index (χ1n) is 4.66. The second kappa shape index (κ2) is 6.08. The lowest BCUT2D eigenvalue weighted by molar-refractivity contribution is 0.310. The summed E-state index contributed by atoms with van der Waals surface area (Å²) in [6, 6.07) is 0. The first kappa shape index (κ1) is 11.5. The first-order chi connectivity index (χ1) is 5.62. The summed E-state index contributed by atoms with van der Waals surface area (Å²) in [6.07, 6.45) is 3.47. The Kier molecular flexibility index (Phi) is 5.84. The summed E-state index contributed by atoms with van der Waals surface area (Å²) in [5.41, 5.74) is 0.437. The molecule has 0 bridgehead atoms. The van der Waals surface area contributed by atoms with Crippen molar-refractivity contribution < 1.29 is 0 Å². The fraction of sp³-hybridized carbons (Fsp3) is 0.818. The van der Waals surface area contributed by atoms with Crippen LogP contribution in [0.5, 0.6) is 0 Å². The summed E-state index contributed by atoms with van der Waals surface area (Å²) in [4.78, 5) is 0. The molecule has 12 heavy (non-hydrogen) atoms. The maximum atomic E-state index is 3.18. The van der Waals surface area contributed by atoms with Gasteiger partial charge in [-0.15, -0.1) is 11.8 Å². The van der Waals surface area contributed by atoms with Gasteiger partial charge in [-0.1, -0.05) is 13.8 Å². The van der Waals surface area contributed by atoms with Crippen LogP contribution in [0, 0.1) is 17.3 Å². The number of hydrogen-bond donors (Lipinski definition) is 1. The van der Waals surface area contributed by atoms with Gasteiger partial charge in [0.15, 0.2) is 0 Å². The summed E-state index contributed by atoms with van der Waals surface area (Å²) < 4.78 is 0. The minimum atomic E-state index is 0.437. The first-order valence-corrected chi connectivity index (χ1v) is 4.66. The lowest BCUT2D eigenvalue weighted by atomic mass is 9.84. The van der Waals surface area contributed by atoms with Gasteiger partial charge in [0, 0.05) is 6.42 Å². The summed E-state index contributed by atoms with van der Waals surface area (Å²) in [7, 11) is 2.00. The van der Waals surface area contributed by atoms with Crippen LogP contribution in [-0.4, -0.2) is 13.6 Å². The van der Waals surface area contributed by atoms with Crippen molar-refractivity contribution in [2.45, 2.75) is 40.0 Å². The SMILES string of the molecule is CC#CCCC(C)(C)CCNC. The van der Waals surface area contributed by atoms with Gasteiger partial charge in [-0.2, -0.15) is 0 Å². The predicted octanol–water partition coefficient (Wildman–Crippen LogP) is 2.43. The monoisotopic (exact) mass is 167 g/mol. The normalized spacial score (nSPS) is 10.7. The van der Waals surface area contributed by atoms with Crippen molar-refractivity contribution in [3.8, 4) is 11.8 Å². The van der Waals surface area contributed by atoms with Gasteiger partial charge in [0.1, 0.15) is 0 Å². The van der Waals surface area contributed by atoms with Gasteiger partial charge >= 0.3 is 0 Å². The standard InChI is InChI=1S/C11H21N/c1-5-6-7-8-11(2,3)9-10-12-4/h12H,7-10H2,1-4H3. The average molecular weight is 167 g/mol. The highest BCUT2D eigenvalue weighted by Gasteiger charge is 2.15. The molecule has 0 spiro atoms. The van der Waals surface area contributed by atoms with Crippen LogP contribution in [0.2, 0.25) is 0 Å². The Hall–Kier alpha value is -0.480. The van der Waals surface area contributed by atoms with Crippen molar-refractivity contribution in [3.63, 3.8) is 0 Å². The van der Waals surface area contributed by atoms with E-state index in [-0.39, 0.29) is 0 Å². The van der Waals surface area contributed by atoms with E-state index in [1.165, 1.54) is 12.8 Å². The van der Waals surface area contributed by atoms with E-state index in [2.05, 4.69) is 31.0 Å². The van der Waals surface area contributed by atoms with Crippen LogP contribution < -0.4 is 5.32 Å². The van der Waals surface area contributed by atoms with Crippen molar-refractivity contribution >= 4 is 0 Å². The van der Waals surface area contributed by atoms with Gasteiger partial charge in [-0.3, -0.25) is 0 Å². The fourth-order valence-electron chi connectivity index (χ4n) is 1.11. The Bertz CT molecular complexity index is 160. The quantitative estimate of drug-likeness (QED) is 0.620. The number of rotatable bonds is 5. The molecule has 0 aliphatic heterocycles. The highest BCUT2D eigenvalue weighted by atomic mass is 14.8. The van der Waals surface area contributed by atoms with Crippen molar-refractivity contribution in [2.24, 2.45) is 5.41 Å². The third-order valence-corrected chi connectivity index (χ3v) is 2.16. The van der Waals surface area contributed by atoms with E-state index < -0.39 is 0 Å². The van der Waals surface area contributed by atoms with E-state index in [0.29, 0.717) is 5.41 Å². The minimum absolute atomic E-state index is 0.437. The molecule has 1 N–H and O–H groups in total. The molecule has 0 heterocycles. The highest BCUT2D eigenvalue weighted by Crippen LogP contribution is 2.25. The van der Waals surface area contributed by atoms with Crippen LogP contribution in [-0.2, 0) is 0 Å². The molecule has 0 unspecified atom stereocenters. The molecule has 0 aromatic rings. The zero-order chi connectivity index (χ0) is 9.45. The lowest BCUT2D eigenvalue weighted by Crippen LogP contribution is -2.19. The molecule has 0 saturated heterocycles. The molecule has 0 aromatic heterocycles. The maximum Gasteiger partial charge on any atom is 0.00936 e. The van der Waals surface area contributed by atoms with Gasteiger partial charge < -0.3 is 5.32 Å². The van der Waals surface area contributed by atoms with Gasteiger partial charge in [0.2, 0.25) is 0 Å². The number of hydrogen-bond acceptors (Lipinski definition) is 1. The molecule has 0 atom stereocenters. The largest absolute Gasteiger partial charge is 0.320 e. The van der Waals surface area contributed by atoms with E-state index in [1.54, 1.807) is 0 Å². The molecule has 70 valence electrons. The summed E-state index contributed by atoms with van der Waals surface area (Å²) in [6.45, 7) is 7.62. The third-order valence-electron chi connectivity index (χ3n) is 2.16. The van der Waals surface area contributed by atoms with Crippen LogP contribution in [0.15, 0.2) is 0 Å². The van der Waals surface area contributed by atoms with Gasteiger partial charge in [-0.25, -0.2) is 0 Å². The van der Waals surface area contributed by atoms with Crippen LogP contribution in [0.25, 0.3) is 0 Å². The molecule has 0 saturated carbocycles. The molecule has 0 radical (unpaired) electrons. The van der Waals surface area contributed by atoms with E-state index in [9.17, 15) is 0 Å². The number of nitrogens with one attached hydrogen (secondary N) is 1. The van der Waals surface area contributed by atoms with Crippen molar-refractivity contribution in [2.75, 3.05) is 13.6 Å². The topological polar surface area (TPSA) is 12.0 Å². The zero-order valence-corrected chi connectivity index (χ0v) is 8.83. The predicted molar refractivity (Wildman–Crippen MR) is 55.0 cm³/mol. The van der Waals surface area contributed by atoms with Crippen molar-refractivity contribution in [3.05, 3.63) is 0 Å². The molecule has 0 aliphatic rings. The van der Waals surface area contributed by atoms with E-state index in [4.69, 9.17) is 0 Å². The van der Waals surface area contributed by atoms with Crippen molar-refractivity contribution in [1.82, 2.24) is 5.32 Å². The van der Waals surface area contributed by atoms with E-state index in [1.807, 2.05) is 14.0 Å². The van der Waals surface area contributed by atoms with E-state index in [0.717, 1.165) is 13.0 Å². The van der Waals surface area contributed by atoms with Crippen LogP contribution in [0.1, 0.15) is 40.0 Å². The van der Waals surface area contributed by atoms with Gasteiger partial charge in [0.25, 0.3) is 0 Å². The molecular weight excluding hydrogens is 146 g/mol. The second-order valence-corrected chi connectivity index (χ2v) is 3.94. The molecule has 0 amide bonds. The summed E-state index contributed by atoms with van der Waals surface area (Å²) >= 11 is 0. The fourth-order valence-corrected chi connectivity index (χ4v) is 1.11. The smallest absolute Gasteiger partial charge is 0.00936 e. The molecule has 0 rings (SSSR count). The van der Waals surface area contributed by atoms with E-state index >= 15 is 0 Å². The lowest BCUT2D eigenvalue weighted by Gasteiger charge is -2.23. The summed E-state index contributed by atoms with van der Waals surface area (Å²) in [5, 5.41) is 3.18. The summed E-state index contributed by atoms with van der Waals surface area (Å²) in [5.74, 6) is 6.04. The maximum absolute atomic E-state index is 3.18. The van der Waals surface area contributed by atoms with Gasteiger partial charge in [-0.05, 0) is 38.8 Å².